The Labute approximate surface area is 113 Å². The zero-order valence-corrected chi connectivity index (χ0v) is 11.1. The number of ether oxygens (including phenoxy) is 1. The van der Waals surface area contributed by atoms with Crippen LogP contribution in [-0.4, -0.2) is 13.0 Å². The number of carbonyl (C=O) groups excluding carboxylic acids is 1. The van der Waals surface area contributed by atoms with Crippen molar-refractivity contribution in [3.63, 3.8) is 0 Å². The van der Waals surface area contributed by atoms with Gasteiger partial charge in [0.2, 0.25) is 0 Å². The molecular weight excluding hydrogens is 238 g/mol. The number of benzene rings is 2. The maximum absolute atomic E-state index is 12.2. The van der Waals surface area contributed by atoms with Gasteiger partial charge in [0.1, 0.15) is 5.75 Å². The molecule has 0 saturated heterocycles. The van der Waals surface area contributed by atoms with Crippen LogP contribution in [0.1, 0.15) is 22.8 Å². The molecule has 0 aliphatic rings. The molecule has 2 aromatic rings. The predicted octanol–water partition coefficient (Wildman–Crippen LogP) is 3.51. The zero-order chi connectivity index (χ0) is 13.7. The van der Waals surface area contributed by atoms with Crippen molar-refractivity contribution in [3.8, 4) is 5.75 Å². The normalized spacial score (nSPS) is 10.0. The summed E-state index contributed by atoms with van der Waals surface area (Å²) in [7, 11) is 1.56. The number of nitrogens with one attached hydrogen (secondary N) is 1. The molecule has 0 heterocycles. The van der Waals surface area contributed by atoms with Gasteiger partial charge in [-0.1, -0.05) is 31.2 Å². The molecule has 2 rings (SSSR count). The van der Waals surface area contributed by atoms with Gasteiger partial charge in [-0.15, -0.1) is 0 Å². The number of hydrogen-bond donors (Lipinski definition) is 1. The van der Waals surface area contributed by atoms with Crippen LogP contribution in [0.4, 0.5) is 5.69 Å². The topological polar surface area (TPSA) is 38.3 Å². The number of methoxy groups -OCH3 is 1. The molecule has 3 nitrogen and oxygen atoms in total. The highest BCUT2D eigenvalue weighted by molar-refractivity contribution is 6.06. The van der Waals surface area contributed by atoms with E-state index in [0.717, 1.165) is 12.1 Å². The molecule has 0 unspecified atom stereocenters. The highest BCUT2D eigenvalue weighted by atomic mass is 16.5. The summed E-state index contributed by atoms with van der Waals surface area (Å²) in [6.45, 7) is 2.10. The number of amides is 1. The standard InChI is InChI=1S/C16H17NO2/c1-3-12-8-10-13(11-9-12)17-16(18)14-6-4-5-7-15(14)19-2/h4-11H,3H2,1-2H3,(H,17,18). The van der Waals surface area contributed by atoms with Gasteiger partial charge in [0.05, 0.1) is 12.7 Å². The van der Waals surface area contributed by atoms with Crippen molar-refractivity contribution in [1.82, 2.24) is 0 Å². The molecule has 0 spiro atoms. The van der Waals surface area contributed by atoms with Gasteiger partial charge >= 0.3 is 0 Å². The van der Waals surface area contributed by atoms with Crippen LogP contribution in [0.5, 0.6) is 5.75 Å². The van der Waals surface area contributed by atoms with Crippen molar-refractivity contribution in [2.45, 2.75) is 13.3 Å². The summed E-state index contributed by atoms with van der Waals surface area (Å²) in [5, 5.41) is 2.87. The monoisotopic (exact) mass is 255 g/mol. The van der Waals surface area contributed by atoms with Gasteiger partial charge < -0.3 is 10.1 Å². The van der Waals surface area contributed by atoms with Crippen LogP contribution >= 0.6 is 0 Å². The maximum Gasteiger partial charge on any atom is 0.259 e. The minimum Gasteiger partial charge on any atom is -0.496 e. The Balaban J connectivity index is 2.16. The summed E-state index contributed by atoms with van der Waals surface area (Å²) in [5.74, 6) is 0.409. The first-order valence-corrected chi connectivity index (χ1v) is 6.28. The minimum absolute atomic E-state index is 0.165. The van der Waals surface area contributed by atoms with Crippen molar-refractivity contribution < 1.29 is 9.53 Å². The summed E-state index contributed by atoms with van der Waals surface area (Å²) in [5.41, 5.74) is 2.56. The SMILES string of the molecule is CCc1ccc(NC(=O)c2ccccc2OC)cc1. The molecule has 98 valence electrons. The van der Waals surface area contributed by atoms with Gasteiger partial charge in [-0.05, 0) is 36.2 Å². The first-order chi connectivity index (χ1) is 9.24. The summed E-state index contributed by atoms with van der Waals surface area (Å²) >= 11 is 0. The highest BCUT2D eigenvalue weighted by Gasteiger charge is 2.11. The zero-order valence-electron chi connectivity index (χ0n) is 11.1. The fraction of sp³-hybridized carbons (Fsp3) is 0.188. The molecule has 19 heavy (non-hydrogen) atoms. The van der Waals surface area contributed by atoms with E-state index < -0.39 is 0 Å². The van der Waals surface area contributed by atoms with Crippen molar-refractivity contribution in [2.24, 2.45) is 0 Å². The lowest BCUT2D eigenvalue weighted by molar-refractivity contribution is 0.102. The van der Waals surface area contributed by atoms with Crippen LogP contribution in [-0.2, 0) is 6.42 Å². The van der Waals surface area contributed by atoms with Crippen LogP contribution in [0.2, 0.25) is 0 Å². The Hall–Kier alpha value is -2.29. The maximum atomic E-state index is 12.2. The second-order valence-electron chi connectivity index (χ2n) is 4.20. The van der Waals surface area contributed by atoms with Gasteiger partial charge in [0.15, 0.2) is 0 Å². The molecule has 1 N–H and O–H groups in total. The Bertz CT molecular complexity index is 561. The molecule has 0 bridgehead atoms. The number of hydrogen-bond acceptors (Lipinski definition) is 2. The van der Waals surface area contributed by atoms with Crippen molar-refractivity contribution in [1.29, 1.82) is 0 Å². The van der Waals surface area contributed by atoms with E-state index >= 15 is 0 Å². The Morgan fingerprint density at radius 2 is 1.79 bits per heavy atom. The van der Waals surface area contributed by atoms with E-state index in [-0.39, 0.29) is 5.91 Å². The van der Waals surface area contributed by atoms with Crippen LogP contribution in [0.3, 0.4) is 0 Å². The molecular formula is C16H17NO2. The fourth-order valence-corrected chi connectivity index (χ4v) is 1.85. The quantitative estimate of drug-likeness (QED) is 0.908. The number of rotatable bonds is 4. The lowest BCUT2D eigenvalue weighted by Gasteiger charge is -2.09. The molecule has 0 fully saturated rings. The molecule has 0 aliphatic carbocycles. The first-order valence-electron chi connectivity index (χ1n) is 6.28. The Kier molecular flexibility index (Phi) is 4.18. The second kappa shape index (κ2) is 6.05. The summed E-state index contributed by atoms with van der Waals surface area (Å²) in [6.07, 6.45) is 0.987. The number of aryl methyl sites for hydroxylation is 1. The second-order valence-corrected chi connectivity index (χ2v) is 4.20. The lowest BCUT2D eigenvalue weighted by Crippen LogP contribution is -2.13. The van der Waals surface area contributed by atoms with E-state index in [1.807, 2.05) is 36.4 Å². The molecule has 2 aromatic carbocycles. The van der Waals surface area contributed by atoms with Gasteiger partial charge in [-0.3, -0.25) is 4.79 Å². The number of anilines is 1. The molecule has 0 radical (unpaired) electrons. The van der Waals surface area contributed by atoms with E-state index in [9.17, 15) is 4.79 Å². The van der Waals surface area contributed by atoms with Gasteiger partial charge in [0.25, 0.3) is 5.91 Å². The summed E-state index contributed by atoms with van der Waals surface area (Å²) in [6, 6.07) is 15.0. The minimum atomic E-state index is -0.165. The summed E-state index contributed by atoms with van der Waals surface area (Å²) < 4.78 is 5.18. The third-order valence-corrected chi connectivity index (χ3v) is 2.97. The van der Waals surface area contributed by atoms with Crippen molar-refractivity contribution >= 4 is 11.6 Å². The Morgan fingerprint density at radius 1 is 1.11 bits per heavy atom. The van der Waals surface area contributed by atoms with Crippen LogP contribution in [0.15, 0.2) is 48.5 Å². The van der Waals surface area contributed by atoms with Crippen molar-refractivity contribution in [3.05, 3.63) is 59.7 Å². The lowest BCUT2D eigenvalue weighted by atomic mass is 10.1. The van der Waals surface area contributed by atoms with Gasteiger partial charge in [0, 0.05) is 5.69 Å². The number of carbonyl (C=O) groups is 1. The first kappa shape index (κ1) is 13.1. The molecule has 1 amide bonds. The van der Waals surface area contributed by atoms with E-state index in [2.05, 4.69) is 12.2 Å². The smallest absolute Gasteiger partial charge is 0.259 e. The molecule has 0 saturated carbocycles. The van der Waals surface area contributed by atoms with E-state index in [0.29, 0.717) is 11.3 Å². The third kappa shape index (κ3) is 3.13. The molecule has 0 atom stereocenters. The van der Waals surface area contributed by atoms with Crippen LogP contribution in [0.25, 0.3) is 0 Å². The highest BCUT2D eigenvalue weighted by Crippen LogP contribution is 2.19. The van der Waals surface area contributed by atoms with Crippen molar-refractivity contribution in [2.75, 3.05) is 12.4 Å². The van der Waals surface area contributed by atoms with Crippen LogP contribution in [0, 0.1) is 0 Å². The summed E-state index contributed by atoms with van der Waals surface area (Å²) in [4.78, 5) is 12.2. The number of para-hydroxylation sites is 1. The average molecular weight is 255 g/mol. The van der Waals surface area contributed by atoms with Crippen LogP contribution < -0.4 is 10.1 Å². The van der Waals surface area contributed by atoms with Gasteiger partial charge in [-0.2, -0.15) is 0 Å². The van der Waals surface area contributed by atoms with E-state index in [4.69, 9.17) is 4.74 Å². The van der Waals surface area contributed by atoms with E-state index in [1.54, 1.807) is 19.2 Å². The fourth-order valence-electron chi connectivity index (χ4n) is 1.85. The largest absolute Gasteiger partial charge is 0.496 e. The van der Waals surface area contributed by atoms with Gasteiger partial charge in [-0.25, -0.2) is 0 Å². The molecule has 0 aliphatic heterocycles. The Morgan fingerprint density at radius 3 is 2.42 bits per heavy atom. The third-order valence-electron chi connectivity index (χ3n) is 2.97. The molecule has 0 aromatic heterocycles. The average Bonchev–Trinajstić information content (AvgIpc) is 2.48. The molecule has 3 heteroatoms. The van der Waals surface area contributed by atoms with E-state index in [1.165, 1.54) is 5.56 Å². The predicted molar refractivity (Wildman–Crippen MR) is 76.8 cm³/mol.